The Morgan fingerprint density at radius 1 is 1.03 bits per heavy atom. The van der Waals surface area contributed by atoms with E-state index in [1.807, 2.05) is 24.3 Å². The number of carbonyl (C=O) groups is 1. The fourth-order valence-electron chi connectivity index (χ4n) is 2.67. The van der Waals surface area contributed by atoms with E-state index in [1.54, 1.807) is 14.0 Å². The first-order chi connectivity index (χ1) is 13.9. The summed E-state index contributed by atoms with van der Waals surface area (Å²) in [4.78, 5) is 20.8. The van der Waals surface area contributed by atoms with Crippen LogP contribution in [0.1, 0.15) is 21.9 Å². The van der Waals surface area contributed by atoms with Gasteiger partial charge in [0.2, 0.25) is 0 Å². The fourth-order valence-corrected chi connectivity index (χ4v) is 2.67. The molecule has 2 N–H and O–H groups in total. The van der Waals surface area contributed by atoms with Crippen molar-refractivity contribution < 1.29 is 18.3 Å². The van der Waals surface area contributed by atoms with Crippen molar-refractivity contribution in [2.24, 2.45) is 0 Å². The van der Waals surface area contributed by atoms with Gasteiger partial charge in [-0.3, -0.25) is 4.79 Å². The fraction of sp³-hybridized carbons (Fsp3) is 0.190. The summed E-state index contributed by atoms with van der Waals surface area (Å²) in [6.45, 7) is 2.27. The van der Waals surface area contributed by atoms with Crippen LogP contribution in [0, 0.1) is 18.6 Å². The highest BCUT2D eigenvalue weighted by atomic mass is 19.2. The molecular formula is C21H20F2N4O2. The number of hydrogen-bond acceptors (Lipinski definition) is 5. The van der Waals surface area contributed by atoms with Gasteiger partial charge in [0.25, 0.3) is 5.91 Å². The smallest absolute Gasteiger partial charge is 0.274 e. The highest BCUT2D eigenvalue weighted by Gasteiger charge is 2.12. The Morgan fingerprint density at radius 2 is 1.79 bits per heavy atom. The van der Waals surface area contributed by atoms with Gasteiger partial charge in [0.1, 0.15) is 23.1 Å². The summed E-state index contributed by atoms with van der Waals surface area (Å²) in [5, 5.41) is 5.66. The maximum absolute atomic E-state index is 13.3. The van der Waals surface area contributed by atoms with Crippen LogP contribution in [0.25, 0.3) is 0 Å². The second-order valence-corrected chi connectivity index (χ2v) is 6.29. The molecule has 8 heteroatoms. The average Bonchev–Trinajstić information content (AvgIpc) is 2.71. The summed E-state index contributed by atoms with van der Waals surface area (Å²) < 4.78 is 31.5. The number of amides is 1. The number of aryl methyl sites for hydroxylation is 1. The van der Waals surface area contributed by atoms with E-state index >= 15 is 0 Å². The van der Waals surface area contributed by atoms with Gasteiger partial charge in [-0.25, -0.2) is 18.7 Å². The van der Waals surface area contributed by atoms with E-state index in [0.717, 1.165) is 29.9 Å². The molecule has 3 aromatic rings. The van der Waals surface area contributed by atoms with Gasteiger partial charge in [-0.2, -0.15) is 0 Å². The van der Waals surface area contributed by atoms with Crippen molar-refractivity contribution in [1.29, 1.82) is 0 Å². The minimum atomic E-state index is -1.04. The summed E-state index contributed by atoms with van der Waals surface area (Å²) in [6.07, 6.45) is 0.753. The number of nitrogens with zero attached hydrogens (tertiary/aromatic N) is 2. The van der Waals surface area contributed by atoms with E-state index in [1.165, 1.54) is 12.1 Å². The van der Waals surface area contributed by atoms with Gasteiger partial charge in [0.05, 0.1) is 7.11 Å². The molecule has 0 bridgehead atoms. The van der Waals surface area contributed by atoms with E-state index in [2.05, 4.69) is 20.6 Å². The van der Waals surface area contributed by atoms with E-state index in [9.17, 15) is 13.6 Å². The number of carbonyl (C=O) groups excluding carboxylic acids is 1. The molecule has 29 heavy (non-hydrogen) atoms. The van der Waals surface area contributed by atoms with E-state index < -0.39 is 17.5 Å². The lowest BCUT2D eigenvalue weighted by atomic mass is 10.1. The van der Waals surface area contributed by atoms with Crippen LogP contribution < -0.4 is 15.4 Å². The summed E-state index contributed by atoms with van der Waals surface area (Å²) in [5.74, 6) is -0.854. The third kappa shape index (κ3) is 5.47. The molecule has 150 valence electrons. The molecule has 3 rings (SSSR count). The molecule has 0 fully saturated rings. The minimum absolute atomic E-state index is 0.120. The van der Waals surface area contributed by atoms with Gasteiger partial charge >= 0.3 is 0 Å². The van der Waals surface area contributed by atoms with Crippen molar-refractivity contribution in [2.75, 3.05) is 24.3 Å². The zero-order chi connectivity index (χ0) is 20.8. The molecule has 0 saturated carbocycles. The summed E-state index contributed by atoms with van der Waals surface area (Å²) in [7, 11) is 1.62. The van der Waals surface area contributed by atoms with Gasteiger partial charge < -0.3 is 15.4 Å². The second kappa shape index (κ2) is 9.09. The first-order valence-electron chi connectivity index (χ1n) is 8.93. The van der Waals surface area contributed by atoms with Crippen LogP contribution in [0.2, 0.25) is 0 Å². The first-order valence-corrected chi connectivity index (χ1v) is 8.93. The lowest BCUT2D eigenvalue weighted by molar-refractivity contribution is 0.102. The lowest BCUT2D eigenvalue weighted by Gasteiger charge is -2.10. The van der Waals surface area contributed by atoms with Crippen LogP contribution in [-0.2, 0) is 6.42 Å². The molecule has 0 unspecified atom stereocenters. The van der Waals surface area contributed by atoms with Gasteiger partial charge in [-0.05, 0) is 43.2 Å². The Morgan fingerprint density at radius 3 is 2.48 bits per heavy atom. The Labute approximate surface area is 167 Å². The highest BCUT2D eigenvalue weighted by Crippen LogP contribution is 2.15. The van der Waals surface area contributed by atoms with Crippen molar-refractivity contribution in [1.82, 2.24) is 9.97 Å². The van der Waals surface area contributed by atoms with Crippen LogP contribution >= 0.6 is 0 Å². The summed E-state index contributed by atoms with van der Waals surface area (Å²) in [5.41, 5.74) is 1.38. The van der Waals surface area contributed by atoms with Gasteiger partial charge in [0.15, 0.2) is 11.6 Å². The molecule has 1 amide bonds. The summed E-state index contributed by atoms with van der Waals surface area (Å²) >= 11 is 0. The Kier molecular flexibility index (Phi) is 6.33. The topological polar surface area (TPSA) is 76.1 Å². The third-order valence-corrected chi connectivity index (χ3v) is 4.13. The van der Waals surface area contributed by atoms with E-state index in [4.69, 9.17) is 4.74 Å². The Hall–Kier alpha value is -3.55. The predicted octanol–water partition coefficient (Wildman–Crippen LogP) is 3.98. The zero-order valence-corrected chi connectivity index (χ0v) is 16.0. The molecule has 0 aliphatic rings. The molecule has 2 aromatic carbocycles. The predicted molar refractivity (Wildman–Crippen MR) is 106 cm³/mol. The maximum atomic E-state index is 13.3. The Bertz CT molecular complexity index is 1010. The Balaban J connectivity index is 1.63. The monoisotopic (exact) mass is 398 g/mol. The van der Waals surface area contributed by atoms with Gasteiger partial charge in [0, 0.05) is 24.4 Å². The molecule has 6 nitrogen and oxygen atoms in total. The number of hydrogen-bond donors (Lipinski definition) is 2. The first kappa shape index (κ1) is 20.2. The SMILES string of the molecule is COc1ccc(CCNc2cc(C(=O)Nc3ccc(F)c(F)c3)nc(C)n2)cc1. The van der Waals surface area contributed by atoms with Crippen LogP contribution in [0.5, 0.6) is 5.75 Å². The molecule has 1 aromatic heterocycles. The number of methoxy groups -OCH3 is 1. The van der Waals surface area contributed by atoms with Crippen molar-refractivity contribution >= 4 is 17.4 Å². The number of nitrogens with one attached hydrogen (secondary N) is 2. The number of aromatic nitrogens is 2. The largest absolute Gasteiger partial charge is 0.497 e. The molecule has 0 aliphatic carbocycles. The second-order valence-electron chi connectivity index (χ2n) is 6.29. The number of benzene rings is 2. The van der Waals surface area contributed by atoms with Crippen LogP contribution in [-0.4, -0.2) is 29.5 Å². The molecule has 0 spiro atoms. The van der Waals surface area contributed by atoms with Crippen molar-refractivity contribution in [3.63, 3.8) is 0 Å². The number of ether oxygens (including phenoxy) is 1. The van der Waals surface area contributed by atoms with E-state index in [0.29, 0.717) is 18.2 Å². The number of anilines is 2. The number of rotatable bonds is 7. The standard InChI is InChI=1S/C21H20F2N4O2/c1-13-25-19(21(28)27-15-5-8-17(22)18(23)11-15)12-20(26-13)24-10-9-14-3-6-16(29-2)7-4-14/h3-8,11-12H,9-10H2,1-2H3,(H,27,28)(H,24,25,26). The molecule has 1 heterocycles. The molecule has 0 aliphatic heterocycles. The van der Waals surface area contributed by atoms with Crippen molar-refractivity contribution in [3.05, 3.63) is 77.2 Å². The third-order valence-electron chi connectivity index (χ3n) is 4.13. The molecule has 0 atom stereocenters. The highest BCUT2D eigenvalue weighted by molar-refractivity contribution is 6.03. The quantitative estimate of drug-likeness (QED) is 0.630. The number of halogens is 2. The van der Waals surface area contributed by atoms with Crippen LogP contribution in [0.15, 0.2) is 48.5 Å². The lowest BCUT2D eigenvalue weighted by Crippen LogP contribution is -2.16. The van der Waals surface area contributed by atoms with Crippen LogP contribution in [0.4, 0.5) is 20.3 Å². The minimum Gasteiger partial charge on any atom is -0.497 e. The van der Waals surface area contributed by atoms with Gasteiger partial charge in [-0.1, -0.05) is 12.1 Å². The van der Waals surface area contributed by atoms with Crippen molar-refractivity contribution in [3.8, 4) is 5.75 Å². The normalized spacial score (nSPS) is 10.5. The van der Waals surface area contributed by atoms with E-state index in [-0.39, 0.29) is 11.4 Å². The zero-order valence-electron chi connectivity index (χ0n) is 16.0. The molecule has 0 saturated heterocycles. The molecule has 0 radical (unpaired) electrons. The molecular weight excluding hydrogens is 378 g/mol. The average molecular weight is 398 g/mol. The summed E-state index contributed by atoms with van der Waals surface area (Å²) in [6, 6.07) is 12.4. The van der Waals surface area contributed by atoms with Gasteiger partial charge in [-0.15, -0.1) is 0 Å². The van der Waals surface area contributed by atoms with Crippen LogP contribution in [0.3, 0.4) is 0 Å². The van der Waals surface area contributed by atoms with Crippen molar-refractivity contribution in [2.45, 2.75) is 13.3 Å². The maximum Gasteiger partial charge on any atom is 0.274 e.